The second-order valence-corrected chi connectivity index (χ2v) is 7.73. The van der Waals surface area contributed by atoms with Crippen LogP contribution in [0.2, 0.25) is 0 Å². The van der Waals surface area contributed by atoms with Gasteiger partial charge in [-0.25, -0.2) is 0 Å². The van der Waals surface area contributed by atoms with E-state index in [9.17, 15) is 4.79 Å². The number of methoxy groups -OCH3 is 5. The molecule has 0 bridgehead atoms. The first-order chi connectivity index (χ1) is 15.4. The highest BCUT2D eigenvalue weighted by Crippen LogP contribution is 2.49. The summed E-state index contributed by atoms with van der Waals surface area (Å²) in [5, 5.41) is 4.55. The summed E-state index contributed by atoms with van der Waals surface area (Å²) in [5.41, 5.74) is -0.0784. The van der Waals surface area contributed by atoms with Gasteiger partial charge in [-0.1, -0.05) is 0 Å². The molecule has 168 valence electrons. The van der Waals surface area contributed by atoms with E-state index in [4.69, 9.17) is 23.7 Å². The van der Waals surface area contributed by atoms with E-state index in [1.165, 1.54) is 0 Å². The second kappa shape index (κ2) is 8.15. The minimum absolute atomic E-state index is 0.0118. The summed E-state index contributed by atoms with van der Waals surface area (Å²) >= 11 is 0. The predicted octanol–water partition coefficient (Wildman–Crippen LogP) is 4.93. The van der Waals surface area contributed by atoms with Crippen molar-refractivity contribution >= 4 is 32.3 Å². The molecule has 3 aromatic carbocycles. The molecule has 0 amide bonds. The van der Waals surface area contributed by atoms with E-state index in [-0.39, 0.29) is 11.6 Å². The molecule has 0 saturated carbocycles. The van der Waals surface area contributed by atoms with E-state index in [0.717, 1.165) is 26.9 Å². The molecular formula is C25H27NO6. The number of nitrogens with zero attached hydrogens (tertiary/aromatic N) is 1. The van der Waals surface area contributed by atoms with Crippen molar-refractivity contribution in [2.45, 2.75) is 19.9 Å². The van der Waals surface area contributed by atoms with Crippen LogP contribution < -0.4 is 29.2 Å². The van der Waals surface area contributed by atoms with Gasteiger partial charge >= 0.3 is 0 Å². The maximum Gasteiger partial charge on any atom is 0.259 e. The van der Waals surface area contributed by atoms with Crippen molar-refractivity contribution in [3.05, 3.63) is 40.8 Å². The molecule has 32 heavy (non-hydrogen) atoms. The molecule has 7 nitrogen and oxygen atoms in total. The number of ether oxygens (including phenoxy) is 5. The van der Waals surface area contributed by atoms with E-state index in [1.54, 1.807) is 40.1 Å². The third-order valence-electron chi connectivity index (χ3n) is 5.86. The quantitative estimate of drug-likeness (QED) is 0.399. The highest BCUT2D eigenvalue weighted by Gasteiger charge is 2.23. The molecule has 0 radical (unpaired) electrons. The summed E-state index contributed by atoms with van der Waals surface area (Å²) in [7, 11) is 7.89. The monoisotopic (exact) mass is 437 g/mol. The van der Waals surface area contributed by atoms with Crippen molar-refractivity contribution in [1.29, 1.82) is 0 Å². The summed E-state index contributed by atoms with van der Waals surface area (Å²) in [5.74, 6) is 2.62. The van der Waals surface area contributed by atoms with Crippen LogP contribution in [0.25, 0.3) is 32.3 Å². The molecule has 0 aliphatic heterocycles. The molecular weight excluding hydrogens is 410 g/mol. The zero-order valence-corrected chi connectivity index (χ0v) is 19.4. The van der Waals surface area contributed by atoms with Crippen LogP contribution in [0, 0.1) is 0 Å². The molecule has 1 heterocycles. The fraction of sp³-hybridized carbons (Fsp3) is 0.320. The number of rotatable bonds is 6. The highest BCUT2D eigenvalue weighted by atomic mass is 16.5. The Kier molecular flexibility index (Phi) is 5.50. The molecule has 0 fully saturated rings. The molecule has 0 N–H and O–H groups in total. The first kappa shape index (κ1) is 21.6. The van der Waals surface area contributed by atoms with E-state index in [2.05, 4.69) is 0 Å². The topological polar surface area (TPSA) is 68.2 Å². The van der Waals surface area contributed by atoms with Gasteiger partial charge in [0.2, 0.25) is 5.75 Å². The molecule has 1 aromatic heterocycles. The van der Waals surface area contributed by atoms with Crippen molar-refractivity contribution in [1.82, 2.24) is 4.57 Å². The third-order valence-corrected chi connectivity index (χ3v) is 5.86. The van der Waals surface area contributed by atoms with E-state index in [1.807, 2.05) is 44.3 Å². The Labute approximate surface area is 186 Å². The van der Waals surface area contributed by atoms with Gasteiger partial charge in [-0.15, -0.1) is 0 Å². The standard InChI is InChI=1S/C25H27NO6/c1-13(2)26-9-8-14-15-12-20(30-5)23(31-6)24(32-7)21(15)16-10-18(28-3)19(29-4)11-17(16)22(14)25(26)27/h8-13H,1-7H3. The number of aromatic nitrogens is 1. The molecule has 0 atom stereocenters. The lowest BCUT2D eigenvalue weighted by atomic mass is 9.93. The van der Waals surface area contributed by atoms with E-state index >= 15 is 0 Å². The van der Waals surface area contributed by atoms with Crippen LogP contribution in [0.15, 0.2) is 35.3 Å². The largest absolute Gasteiger partial charge is 0.493 e. The lowest BCUT2D eigenvalue weighted by Crippen LogP contribution is -2.21. The maximum absolute atomic E-state index is 13.6. The zero-order valence-electron chi connectivity index (χ0n) is 19.4. The minimum Gasteiger partial charge on any atom is -0.493 e. The smallest absolute Gasteiger partial charge is 0.259 e. The Morgan fingerprint density at radius 2 is 1.16 bits per heavy atom. The fourth-order valence-electron chi connectivity index (χ4n) is 4.37. The normalized spacial score (nSPS) is 11.4. The van der Waals surface area contributed by atoms with Gasteiger partial charge < -0.3 is 28.3 Å². The van der Waals surface area contributed by atoms with E-state index < -0.39 is 0 Å². The number of hydrogen-bond acceptors (Lipinski definition) is 6. The van der Waals surface area contributed by atoms with Gasteiger partial charge in [0.25, 0.3) is 5.56 Å². The number of benzene rings is 3. The number of hydrogen-bond donors (Lipinski definition) is 0. The summed E-state index contributed by atoms with van der Waals surface area (Å²) in [4.78, 5) is 13.6. The van der Waals surface area contributed by atoms with Gasteiger partial charge in [0.15, 0.2) is 23.0 Å². The van der Waals surface area contributed by atoms with Crippen LogP contribution in [0.5, 0.6) is 28.7 Å². The first-order valence-electron chi connectivity index (χ1n) is 10.3. The number of fused-ring (bicyclic) bond motifs is 6. The van der Waals surface area contributed by atoms with Gasteiger partial charge in [-0.3, -0.25) is 4.79 Å². The van der Waals surface area contributed by atoms with Crippen LogP contribution in [-0.4, -0.2) is 40.1 Å². The maximum atomic E-state index is 13.6. The van der Waals surface area contributed by atoms with Crippen LogP contribution in [0.3, 0.4) is 0 Å². The molecule has 0 saturated heterocycles. The van der Waals surface area contributed by atoms with E-state index in [0.29, 0.717) is 34.1 Å². The summed E-state index contributed by atoms with van der Waals surface area (Å²) < 4.78 is 29.9. The Morgan fingerprint density at radius 3 is 1.66 bits per heavy atom. The SMILES string of the molecule is COc1cc2c(cc1OC)c1c(=O)n(C(C)C)ccc1c1cc(OC)c(OC)c(OC)c12. The van der Waals surface area contributed by atoms with Gasteiger partial charge in [-0.05, 0) is 59.7 Å². The van der Waals surface area contributed by atoms with Crippen molar-refractivity contribution in [3.8, 4) is 28.7 Å². The molecule has 4 aromatic rings. The number of pyridine rings is 1. The van der Waals surface area contributed by atoms with Gasteiger partial charge in [0.05, 0.1) is 40.9 Å². The molecule has 0 spiro atoms. The van der Waals surface area contributed by atoms with Crippen molar-refractivity contribution in [3.63, 3.8) is 0 Å². The van der Waals surface area contributed by atoms with Gasteiger partial charge in [0, 0.05) is 17.6 Å². The average Bonchev–Trinajstić information content (AvgIpc) is 2.81. The highest BCUT2D eigenvalue weighted by molar-refractivity contribution is 6.27. The average molecular weight is 437 g/mol. The Hall–Kier alpha value is -3.61. The molecule has 7 heteroatoms. The lowest BCUT2D eigenvalue weighted by Gasteiger charge is -2.20. The van der Waals surface area contributed by atoms with Crippen LogP contribution in [0.1, 0.15) is 19.9 Å². The lowest BCUT2D eigenvalue weighted by molar-refractivity contribution is 0.327. The molecule has 0 unspecified atom stereocenters. The Balaban J connectivity index is 2.41. The van der Waals surface area contributed by atoms with Crippen molar-refractivity contribution < 1.29 is 23.7 Å². The molecule has 4 rings (SSSR count). The Bertz CT molecular complexity index is 1400. The molecule has 0 aliphatic carbocycles. The fourth-order valence-corrected chi connectivity index (χ4v) is 4.37. The second-order valence-electron chi connectivity index (χ2n) is 7.73. The first-order valence-corrected chi connectivity index (χ1v) is 10.3. The van der Waals surface area contributed by atoms with Crippen LogP contribution in [-0.2, 0) is 0 Å². The summed E-state index contributed by atoms with van der Waals surface area (Å²) in [6.07, 6.45) is 1.82. The zero-order chi connectivity index (χ0) is 23.2. The summed E-state index contributed by atoms with van der Waals surface area (Å²) in [6.45, 7) is 3.97. The van der Waals surface area contributed by atoms with Crippen LogP contribution >= 0.6 is 0 Å². The van der Waals surface area contributed by atoms with Crippen LogP contribution in [0.4, 0.5) is 0 Å². The minimum atomic E-state index is -0.0784. The van der Waals surface area contributed by atoms with Crippen molar-refractivity contribution in [2.75, 3.05) is 35.5 Å². The van der Waals surface area contributed by atoms with Crippen molar-refractivity contribution in [2.24, 2.45) is 0 Å². The molecule has 0 aliphatic rings. The summed E-state index contributed by atoms with van der Waals surface area (Å²) in [6, 6.07) is 7.57. The Morgan fingerprint density at radius 1 is 0.656 bits per heavy atom. The van der Waals surface area contributed by atoms with Gasteiger partial charge in [-0.2, -0.15) is 0 Å². The predicted molar refractivity (Wildman–Crippen MR) is 126 cm³/mol. The van der Waals surface area contributed by atoms with Gasteiger partial charge in [0.1, 0.15) is 0 Å². The third kappa shape index (κ3) is 2.99.